The maximum Gasteiger partial charge on any atom is 0.243 e. The van der Waals surface area contributed by atoms with Gasteiger partial charge in [0, 0.05) is 13.1 Å². The van der Waals surface area contributed by atoms with Crippen molar-refractivity contribution in [2.75, 3.05) is 39.3 Å². The first kappa shape index (κ1) is 64.8. The number of hydrogen-bond acceptors (Lipinski definition) is 6. The van der Waals surface area contributed by atoms with E-state index in [0.717, 1.165) is 90.6 Å². The third-order valence-electron chi connectivity index (χ3n) is 15.1. The van der Waals surface area contributed by atoms with Gasteiger partial charge in [0.2, 0.25) is 11.8 Å². The Morgan fingerprint density at radius 1 is 0.338 bits per heavy atom. The second-order valence-corrected chi connectivity index (χ2v) is 21.9. The second-order valence-electron chi connectivity index (χ2n) is 21.9. The van der Waals surface area contributed by atoms with Crippen LogP contribution in [0, 0.1) is 0 Å². The third-order valence-corrected chi connectivity index (χ3v) is 15.1. The number of piperazine rings is 1. The van der Waals surface area contributed by atoms with Crippen LogP contribution in [-0.4, -0.2) is 95.4 Å². The largest absolute Gasteiger partial charge is 0.392 e. The topological polar surface area (TPSA) is 105 Å². The number of aliphatic hydroxyl groups is 2. The summed E-state index contributed by atoms with van der Waals surface area (Å²) in [6.45, 7) is 14.5. The molecule has 4 atom stereocenters. The summed E-state index contributed by atoms with van der Waals surface area (Å²) in [7, 11) is 0. The first-order valence-electron chi connectivity index (χ1n) is 30.8. The van der Waals surface area contributed by atoms with Crippen LogP contribution >= 0.6 is 0 Å². The van der Waals surface area contributed by atoms with Crippen LogP contribution in [0.1, 0.15) is 310 Å². The maximum absolute atomic E-state index is 13.3. The Hall–Kier alpha value is -1.22. The number of rotatable bonds is 54. The standard InChI is InChI=1S/C60H120N4O4/c1-5-9-13-17-21-25-27-31-35-41-49-63(53-55(65)45-37-33-29-23-19-15-11-7-3)51-43-39-47-57-59(67)62-58(60(68)61-57)48-40-44-52-64(50-42-36-32-28-26-22-18-14-10-6-2)54-56(66)46-38-34-30-24-20-16-12-8-4/h55-58,65-66H,5-54H2,1-4H3,(H,61,68)(H,62,67). The predicted molar refractivity (Wildman–Crippen MR) is 295 cm³/mol. The van der Waals surface area contributed by atoms with Crippen molar-refractivity contribution in [2.24, 2.45) is 0 Å². The first-order chi connectivity index (χ1) is 33.3. The average Bonchev–Trinajstić information content (AvgIpc) is 3.33. The summed E-state index contributed by atoms with van der Waals surface area (Å²) in [4.78, 5) is 31.5. The Morgan fingerprint density at radius 3 is 0.824 bits per heavy atom. The minimum atomic E-state index is -0.458. The van der Waals surface area contributed by atoms with Crippen molar-refractivity contribution in [1.82, 2.24) is 20.4 Å². The molecule has 2 amide bonds. The molecular weight excluding hydrogens is 841 g/mol. The Bertz CT molecular complexity index is 996. The predicted octanol–water partition coefficient (Wildman–Crippen LogP) is 15.5. The molecule has 0 aromatic heterocycles. The number of aliphatic hydroxyl groups excluding tert-OH is 2. The van der Waals surface area contributed by atoms with Crippen molar-refractivity contribution in [3.05, 3.63) is 0 Å². The van der Waals surface area contributed by atoms with Gasteiger partial charge in [-0.1, -0.05) is 246 Å². The highest BCUT2D eigenvalue weighted by Gasteiger charge is 2.32. The van der Waals surface area contributed by atoms with Crippen molar-refractivity contribution >= 4 is 11.8 Å². The van der Waals surface area contributed by atoms with E-state index < -0.39 is 12.1 Å². The van der Waals surface area contributed by atoms with Crippen LogP contribution < -0.4 is 10.6 Å². The highest BCUT2D eigenvalue weighted by atomic mass is 16.3. The molecular formula is C60H120N4O4. The van der Waals surface area contributed by atoms with Crippen LogP contribution in [0.15, 0.2) is 0 Å². The minimum absolute atomic E-state index is 0.0377. The molecule has 1 heterocycles. The number of amides is 2. The molecule has 1 rings (SSSR count). The van der Waals surface area contributed by atoms with Gasteiger partial charge in [0.1, 0.15) is 12.1 Å². The van der Waals surface area contributed by atoms with Crippen LogP contribution in [0.4, 0.5) is 0 Å². The monoisotopic (exact) mass is 961 g/mol. The molecule has 0 saturated carbocycles. The lowest BCUT2D eigenvalue weighted by molar-refractivity contribution is -0.137. The number of nitrogens with one attached hydrogen (secondary N) is 2. The molecule has 1 aliphatic heterocycles. The van der Waals surface area contributed by atoms with Gasteiger partial charge in [0.15, 0.2) is 0 Å². The van der Waals surface area contributed by atoms with Gasteiger partial charge in [-0.05, 0) is 90.4 Å². The van der Waals surface area contributed by atoms with E-state index in [1.54, 1.807) is 0 Å². The zero-order chi connectivity index (χ0) is 49.4. The molecule has 1 aliphatic rings. The van der Waals surface area contributed by atoms with E-state index in [9.17, 15) is 19.8 Å². The first-order valence-corrected chi connectivity index (χ1v) is 30.8. The highest BCUT2D eigenvalue weighted by molar-refractivity contribution is 5.96. The zero-order valence-electron chi connectivity index (χ0n) is 46.3. The zero-order valence-corrected chi connectivity index (χ0v) is 46.3. The van der Waals surface area contributed by atoms with Crippen LogP contribution in [0.5, 0.6) is 0 Å². The van der Waals surface area contributed by atoms with E-state index in [1.807, 2.05) is 0 Å². The molecule has 8 heteroatoms. The average molecular weight is 962 g/mol. The lowest BCUT2D eigenvalue weighted by Crippen LogP contribution is -2.61. The van der Waals surface area contributed by atoms with Gasteiger partial charge in [-0.25, -0.2) is 0 Å². The molecule has 0 bridgehead atoms. The molecule has 0 aromatic rings. The molecule has 404 valence electrons. The van der Waals surface area contributed by atoms with Gasteiger partial charge in [-0.2, -0.15) is 0 Å². The normalized spacial score (nSPS) is 16.2. The van der Waals surface area contributed by atoms with E-state index in [2.05, 4.69) is 48.1 Å². The Labute approximate surface area is 424 Å². The summed E-state index contributed by atoms with van der Waals surface area (Å²) >= 11 is 0. The molecule has 0 spiro atoms. The highest BCUT2D eigenvalue weighted by Crippen LogP contribution is 2.18. The number of unbranched alkanes of at least 4 members (excludes halogenated alkanes) is 34. The summed E-state index contributed by atoms with van der Waals surface area (Å²) in [6.07, 6.45) is 53.4. The number of nitrogens with zero attached hydrogens (tertiary/aromatic N) is 2. The summed E-state index contributed by atoms with van der Waals surface area (Å²) in [5, 5.41) is 28.3. The SMILES string of the molecule is CCCCCCCCCCCCN(CCCCC1NC(=O)C(CCCCN(CCCCCCCCCCCC)CC(O)CCCCCCCCCC)NC1=O)CC(O)CCCCCCCCCC. The fourth-order valence-corrected chi connectivity index (χ4v) is 10.5. The van der Waals surface area contributed by atoms with E-state index in [-0.39, 0.29) is 24.0 Å². The summed E-state index contributed by atoms with van der Waals surface area (Å²) in [5.41, 5.74) is 0. The summed E-state index contributed by atoms with van der Waals surface area (Å²) in [6, 6.07) is -0.915. The van der Waals surface area contributed by atoms with Crippen molar-refractivity contribution in [3.8, 4) is 0 Å². The minimum Gasteiger partial charge on any atom is -0.392 e. The molecule has 1 saturated heterocycles. The molecule has 0 aromatic carbocycles. The summed E-state index contributed by atoms with van der Waals surface area (Å²) < 4.78 is 0. The van der Waals surface area contributed by atoms with Crippen molar-refractivity contribution < 1.29 is 19.8 Å². The van der Waals surface area contributed by atoms with Gasteiger partial charge in [-0.3, -0.25) is 9.59 Å². The fourth-order valence-electron chi connectivity index (χ4n) is 10.5. The van der Waals surface area contributed by atoms with Crippen molar-refractivity contribution in [1.29, 1.82) is 0 Å². The lowest BCUT2D eigenvalue weighted by Gasteiger charge is -2.30. The van der Waals surface area contributed by atoms with Crippen LogP contribution in [-0.2, 0) is 9.59 Å². The number of carbonyl (C=O) groups excluding carboxylic acids is 2. The van der Waals surface area contributed by atoms with Gasteiger partial charge >= 0.3 is 0 Å². The molecule has 0 aliphatic carbocycles. The van der Waals surface area contributed by atoms with Crippen LogP contribution in [0.2, 0.25) is 0 Å². The Balaban J connectivity index is 2.51. The van der Waals surface area contributed by atoms with Gasteiger partial charge in [0.25, 0.3) is 0 Å². The Kier molecular flexibility index (Phi) is 47.0. The van der Waals surface area contributed by atoms with E-state index >= 15 is 0 Å². The van der Waals surface area contributed by atoms with Gasteiger partial charge in [-0.15, -0.1) is 0 Å². The van der Waals surface area contributed by atoms with Crippen molar-refractivity contribution in [3.63, 3.8) is 0 Å². The lowest BCUT2D eigenvalue weighted by atomic mass is 10.0. The fraction of sp³-hybridized carbons (Fsp3) is 0.967. The van der Waals surface area contributed by atoms with E-state index in [1.165, 1.54) is 218 Å². The Morgan fingerprint density at radius 2 is 0.559 bits per heavy atom. The number of hydrogen-bond donors (Lipinski definition) is 4. The van der Waals surface area contributed by atoms with Gasteiger partial charge in [0.05, 0.1) is 12.2 Å². The summed E-state index contributed by atoms with van der Waals surface area (Å²) in [5.74, 6) is -0.0754. The molecule has 4 N–H and O–H groups in total. The molecule has 4 unspecified atom stereocenters. The van der Waals surface area contributed by atoms with Gasteiger partial charge < -0.3 is 30.6 Å². The number of carbonyl (C=O) groups is 2. The molecule has 8 nitrogen and oxygen atoms in total. The van der Waals surface area contributed by atoms with Crippen LogP contribution in [0.25, 0.3) is 0 Å². The van der Waals surface area contributed by atoms with Crippen LogP contribution in [0.3, 0.4) is 0 Å². The van der Waals surface area contributed by atoms with E-state index in [4.69, 9.17) is 0 Å². The maximum atomic E-state index is 13.3. The third kappa shape index (κ3) is 40.4. The van der Waals surface area contributed by atoms with Crippen molar-refractivity contribution in [2.45, 2.75) is 335 Å². The quantitative estimate of drug-likeness (QED) is 0.0453. The molecule has 68 heavy (non-hydrogen) atoms. The second kappa shape index (κ2) is 49.4. The van der Waals surface area contributed by atoms with E-state index in [0.29, 0.717) is 12.8 Å². The molecule has 0 radical (unpaired) electrons. The smallest absolute Gasteiger partial charge is 0.243 e. The molecule has 1 fully saturated rings.